The summed E-state index contributed by atoms with van der Waals surface area (Å²) in [5.74, 6) is 0.162. The lowest BCUT2D eigenvalue weighted by atomic mass is 9.58. The van der Waals surface area contributed by atoms with E-state index in [-0.39, 0.29) is 11.3 Å². The van der Waals surface area contributed by atoms with Crippen LogP contribution >= 0.6 is 0 Å². The maximum absolute atomic E-state index is 13.3. The first-order valence-electron chi connectivity index (χ1n) is 13.9. The van der Waals surface area contributed by atoms with Crippen LogP contribution in [0.3, 0.4) is 0 Å². The Morgan fingerprint density at radius 2 is 1.68 bits per heavy atom. The van der Waals surface area contributed by atoms with Crippen LogP contribution in [-0.4, -0.2) is 41.5 Å². The lowest BCUT2D eigenvalue weighted by molar-refractivity contribution is -0.138. The van der Waals surface area contributed by atoms with Gasteiger partial charge in [-0.05, 0) is 61.6 Å². The highest BCUT2D eigenvalue weighted by Crippen LogP contribution is 2.60. The molecule has 1 unspecified atom stereocenters. The van der Waals surface area contributed by atoms with Gasteiger partial charge in [0.2, 0.25) is 0 Å². The molecular weight excluding hydrogens is 497 g/mol. The number of aliphatic hydroxyl groups excluding tert-OH is 1. The topological polar surface area (TPSA) is 73.7 Å². The van der Waals surface area contributed by atoms with E-state index in [1.165, 1.54) is 12.5 Å². The molecule has 2 aromatic heterocycles. The Labute approximate surface area is 219 Å². The van der Waals surface area contributed by atoms with Crippen molar-refractivity contribution in [2.75, 3.05) is 26.4 Å². The Morgan fingerprint density at radius 1 is 0.947 bits per heavy atom. The van der Waals surface area contributed by atoms with E-state index in [0.717, 1.165) is 78.9 Å². The van der Waals surface area contributed by atoms with Crippen molar-refractivity contribution in [2.45, 2.75) is 87.7 Å². The minimum atomic E-state index is -4.46. The molecule has 5 aliphatic rings. The van der Waals surface area contributed by atoms with Crippen LogP contribution in [0.4, 0.5) is 13.2 Å². The smallest absolute Gasteiger partial charge is 0.388 e. The summed E-state index contributed by atoms with van der Waals surface area (Å²) >= 11 is 0. The summed E-state index contributed by atoms with van der Waals surface area (Å²) in [5.41, 5.74) is 3.87. The largest absolute Gasteiger partial charge is 0.417 e. The van der Waals surface area contributed by atoms with Crippen molar-refractivity contribution in [3.63, 3.8) is 0 Å². The van der Waals surface area contributed by atoms with Crippen LogP contribution < -0.4 is 0 Å². The van der Waals surface area contributed by atoms with E-state index in [4.69, 9.17) is 19.2 Å². The fourth-order valence-electron chi connectivity index (χ4n) is 7.56. The first-order valence-corrected chi connectivity index (χ1v) is 13.9. The molecule has 2 aliphatic carbocycles. The van der Waals surface area contributed by atoms with Gasteiger partial charge in [0, 0.05) is 68.2 Å². The Balaban J connectivity index is 1.43. The highest BCUT2D eigenvalue weighted by atomic mass is 19.4. The first-order chi connectivity index (χ1) is 18.3. The van der Waals surface area contributed by atoms with Gasteiger partial charge in [0.05, 0.1) is 28.7 Å². The molecule has 3 fully saturated rings. The fourth-order valence-corrected chi connectivity index (χ4v) is 7.56. The maximum atomic E-state index is 13.3. The summed E-state index contributed by atoms with van der Waals surface area (Å²) in [5, 5.41) is 11.6. The zero-order chi connectivity index (χ0) is 26.1. The monoisotopic (exact) mass is 530 g/mol. The van der Waals surface area contributed by atoms with Crippen molar-refractivity contribution in [3.8, 4) is 0 Å². The molecule has 7 rings (SSSR count). The summed E-state index contributed by atoms with van der Waals surface area (Å²) < 4.78 is 58.3. The van der Waals surface area contributed by atoms with E-state index in [0.29, 0.717) is 45.0 Å². The molecule has 0 aromatic carbocycles. The SMILES string of the molecule is OC1CC2(CCC2)Cc2nc(C3CCOCC3)c3c(c21)C1(CCOCC1)O[C@@H]3c1ccc(C(F)(F)F)cn1. The number of nitrogens with zero attached hydrogens (tertiary/aromatic N) is 2. The Kier molecular flexibility index (Phi) is 5.89. The molecule has 204 valence electrons. The van der Waals surface area contributed by atoms with Crippen LogP contribution in [0.15, 0.2) is 18.3 Å². The van der Waals surface area contributed by atoms with E-state index in [9.17, 15) is 18.3 Å². The van der Waals surface area contributed by atoms with Crippen LogP contribution in [0.2, 0.25) is 0 Å². The van der Waals surface area contributed by atoms with Gasteiger partial charge in [0.15, 0.2) is 0 Å². The Morgan fingerprint density at radius 3 is 2.32 bits per heavy atom. The number of ether oxygens (including phenoxy) is 3. The van der Waals surface area contributed by atoms with E-state index in [1.807, 2.05) is 0 Å². The number of fused-ring (bicyclic) bond motifs is 4. The Hall–Kier alpha value is -2.07. The number of aliphatic hydroxyl groups is 1. The third kappa shape index (κ3) is 3.92. The number of aromatic nitrogens is 2. The third-order valence-corrected chi connectivity index (χ3v) is 9.65. The molecule has 38 heavy (non-hydrogen) atoms. The normalized spacial score (nSPS) is 28.2. The molecule has 0 amide bonds. The van der Waals surface area contributed by atoms with E-state index < -0.39 is 29.5 Å². The zero-order valence-corrected chi connectivity index (χ0v) is 21.4. The molecule has 2 saturated heterocycles. The van der Waals surface area contributed by atoms with Crippen molar-refractivity contribution >= 4 is 0 Å². The van der Waals surface area contributed by atoms with Crippen LogP contribution in [0.5, 0.6) is 0 Å². The van der Waals surface area contributed by atoms with Crippen LogP contribution in [0.1, 0.15) is 109 Å². The van der Waals surface area contributed by atoms with Crippen molar-refractivity contribution in [1.82, 2.24) is 9.97 Å². The molecule has 9 heteroatoms. The van der Waals surface area contributed by atoms with Crippen molar-refractivity contribution < 1.29 is 32.5 Å². The highest BCUT2D eigenvalue weighted by Gasteiger charge is 2.54. The predicted molar refractivity (Wildman–Crippen MR) is 130 cm³/mol. The van der Waals surface area contributed by atoms with Crippen LogP contribution in [-0.2, 0) is 32.4 Å². The van der Waals surface area contributed by atoms with Gasteiger partial charge in [0.25, 0.3) is 0 Å². The second-order valence-corrected chi connectivity index (χ2v) is 11.9. The van der Waals surface area contributed by atoms with Crippen LogP contribution in [0, 0.1) is 5.41 Å². The van der Waals surface area contributed by atoms with Gasteiger partial charge in [-0.2, -0.15) is 13.2 Å². The summed E-state index contributed by atoms with van der Waals surface area (Å²) in [6.45, 7) is 2.34. The number of hydrogen-bond acceptors (Lipinski definition) is 6. The molecule has 0 radical (unpaired) electrons. The van der Waals surface area contributed by atoms with E-state index in [2.05, 4.69) is 4.98 Å². The number of alkyl halides is 3. The highest BCUT2D eigenvalue weighted by molar-refractivity contribution is 5.54. The fraction of sp³-hybridized carbons (Fsp3) is 0.655. The summed E-state index contributed by atoms with van der Waals surface area (Å²) in [6.07, 6.45) is 3.05. The van der Waals surface area contributed by atoms with Crippen molar-refractivity contribution in [2.24, 2.45) is 5.41 Å². The third-order valence-electron chi connectivity index (χ3n) is 9.65. The molecule has 1 N–H and O–H groups in total. The van der Waals surface area contributed by atoms with Crippen molar-refractivity contribution in [3.05, 3.63) is 57.7 Å². The average molecular weight is 531 g/mol. The minimum absolute atomic E-state index is 0.122. The molecule has 2 aromatic rings. The minimum Gasteiger partial charge on any atom is -0.388 e. The van der Waals surface area contributed by atoms with Gasteiger partial charge in [-0.15, -0.1) is 0 Å². The summed E-state index contributed by atoms with van der Waals surface area (Å²) in [4.78, 5) is 9.59. The van der Waals surface area contributed by atoms with Gasteiger partial charge >= 0.3 is 6.18 Å². The first kappa shape index (κ1) is 24.9. The summed E-state index contributed by atoms with van der Waals surface area (Å²) in [7, 11) is 0. The summed E-state index contributed by atoms with van der Waals surface area (Å²) in [6, 6.07) is 2.51. The average Bonchev–Trinajstić information content (AvgIpc) is 3.21. The molecule has 2 atom stereocenters. The molecule has 2 spiro atoms. The molecule has 5 heterocycles. The lowest BCUT2D eigenvalue weighted by Crippen LogP contribution is -2.41. The number of pyridine rings is 2. The molecule has 1 saturated carbocycles. The zero-order valence-electron chi connectivity index (χ0n) is 21.4. The second-order valence-electron chi connectivity index (χ2n) is 11.9. The Bertz CT molecular complexity index is 1220. The number of halogens is 3. The number of hydrogen-bond donors (Lipinski definition) is 1. The quantitative estimate of drug-likeness (QED) is 0.540. The van der Waals surface area contributed by atoms with E-state index >= 15 is 0 Å². The standard InChI is InChI=1S/C29H33F3N2O4/c30-29(31,32)18-2-3-19(33-16-18)26-23-24(28(38-26)8-12-37-13-9-28)22-20(14-27(6-1-7-27)15-21(22)35)34-25(23)17-4-10-36-11-5-17/h2-3,16-17,21,26,35H,1,4-15H2/t21?,26-/m1/s1. The van der Waals surface area contributed by atoms with Gasteiger partial charge in [-0.1, -0.05) is 6.42 Å². The van der Waals surface area contributed by atoms with Gasteiger partial charge in [-0.25, -0.2) is 0 Å². The molecule has 6 nitrogen and oxygen atoms in total. The lowest BCUT2D eigenvalue weighted by Gasteiger charge is -2.48. The van der Waals surface area contributed by atoms with Gasteiger partial charge in [0.1, 0.15) is 6.10 Å². The maximum Gasteiger partial charge on any atom is 0.417 e. The van der Waals surface area contributed by atoms with Crippen molar-refractivity contribution in [1.29, 1.82) is 0 Å². The van der Waals surface area contributed by atoms with Gasteiger partial charge < -0.3 is 19.3 Å². The van der Waals surface area contributed by atoms with E-state index in [1.54, 1.807) is 0 Å². The predicted octanol–water partition coefficient (Wildman–Crippen LogP) is 5.66. The molecule has 0 bridgehead atoms. The molecular formula is C29H33F3N2O4. The second kappa shape index (κ2) is 8.98. The van der Waals surface area contributed by atoms with Gasteiger partial charge in [-0.3, -0.25) is 9.97 Å². The van der Waals surface area contributed by atoms with Crippen LogP contribution in [0.25, 0.3) is 0 Å². The number of rotatable bonds is 2. The molecule has 3 aliphatic heterocycles.